The van der Waals surface area contributed by atoms with E-state index in [2.05, 4.69) is 32.8 Å². The predicted molar refractivity (Wildman–Crippen MR) is 54.7 cm³/mol. The maximum atomic E-state index is 5.55. The molecule has 0 N–H and O–H groups in total. The average molecular weight is 194 g/mol. The van der Waals surface area contributed by atoms with Gasteiger partial charge in [-0.3, -0.25) is 0 Å². The Kier molecular flexibility index (Phi) is 1.88. The normalized spacial score (nSPS) is 23.4. The SMILES string of the molecule is CC1(C)C(COn2cccn2)C1(C)C. The van der Waals surface area contributed by atoms with E-state index in [0.717, 1.165) is 6.61 Å². The van der Waals surface area contributed by atoms with Crippen LogP contribution in [-0.4, -0.2) is 16.6 Å². The van der Waals surface area contributed by atoms with Crippen LogP contribution in [0.4, 0.5) is 0 Å². The highest BCUT2D eigenvalue weighted by Crippen LogP contribution is 2.68. The van der Waals surface area contributed by atoms with Gasteiger partial charge in [0, 0.05) is 5.92 Å². The first-order chi connectivity index (χ1) is 6.46. The van der Waals surface area contributed by atoms with Gasteiger partial charge in [-0.15, -0.1) is 9.94 Å². The molecule has 1 aliphatic carbocycles. The van der Waals surface area contributed by atoms with Gasteiger partial charge in [-0.05, 0) is 16.9 Å². The lowest BCUT2D eigenvalue weighted by atomic mass is 10.0. The van der Waals surface area contributed by atoms with Crippen molar-refractivity contribution in [2.24, 2.45) is 16.7 Å². The Bertz CT molecular complexity index is 300. The summed E-state index contributed by atoms with van der Waals surface area (Å²) in [7, 11) is 0. The highest BCUT2D eigenvalue weighted by molar-refractivity contribution is 5.12. The van der Waals surface area contributed by atoms with Gasteiger partial charge in [0.25, 0.3) is 0 Å². The Balaban J connectivity index is 1.90. The van der Waals surface area contributed by atoms with Crippen molar-refractivity contribution in [3.63, 3.8) is 0 Å². The molecule has 2 rings (SSSR count). The Morgan fingerprint density at radius 1 is 1.29 bits per heavy atom. The van der Waals surface area contributed by atoms with Crippen molar-refractivity contribution in [3.05, 3.63) is 18.5 Å². The highest BCUT2D eigenvalue weighted by Gasteiger charge is 2.64. The van der Waals surface area contributed by atoms with E-state index in [-0.39, 0.29) is 0 Å². The molecule has 1 aliphatic rings. The minimum atomic E-state index is 0.389. The maximum Gasteiger partial charge on any atom is 0.121 e. The molecule has 1 heterocycles. The summed E-state index contributed by atoms with van der Waals surface area (Å²) in [5.74, 6) is 0.624. The summed E-state index contributed by atoms with van der Waals surface area (Å²) in [4.78, 5) is 7.08. The van der Waals surface area contributed by atoms with Crippen molar-refractivity contribution in [1.82, 2.24) is 9.94 Å². The Morgan fingerprint density at radius 3 is 2.36 bits per heavy atom. The topological polar surface area (TPSA) is 27.1 Å². The molecule has 1 aromatic heterocycles. The minimum absolute atomic E-state index is 0.389. The molecule has 0 radical (unpaired) electrons. The van der Waals surface area contributed by atoms with Crippen molar-refractivity contribution in [2.75, 3.05) is 6.61 Å². The smallest absolute Gasteiger partial charge is 0.121 e. The molecule has 0 aromatic carbocycles. The number of nitrogens with zero attached hydrogens (tertiary/aromatic N) is 2. The summed E-state index contributed by atoms with van der Waals surface area (Å²) in [6, 6.07) is 1.86. The van der Waals surface area contributed by atoms with Crippen LogP contribution in [0.1, 0.15) is 27.7 Å². The van der Waals surface area contributed by atoms with E-state index in [1.165, 1.54) is 4.85 Å². The lowest BCUT2D eigenvalue weighted by molar-refractivity contribution is 0.0657. The number of aromatic nitrogens is 2. The molecule has 78 valence electrons. The van der Waals surface area contributed by atoms with Crippen molar-refractivity contribution in [2.45, 2.75) is 27.7 Å². The van der Waals surface area contributed by atoms with E-state index in [4.69, 9.17) is 4.84 Å². The third-order valence-electron chi connectivity index (χ3n) is 4.17. The zero-order chi connectivity index (χ0) is 10.4. The quantitative estimate of drug-likeness (QED) is 0.735. The molecule has 0 bridgehead atoms. The molecular weight excluding hydrogens is 176 g/mol. The van der Waals surface area contributed by atoms with Gasteiger partial charge in [-0.2, -0.15) is 0 Å². The summed E-state index contributed by atoms with van der Waals surface area (Å²) in [6.45, 7) is 9.93. The minimum Gasteiger partial charge on any atom is -0.396 e. The van der Waals surface area contributed by atoms with E-state index in [9.17, 15) is 0 Å². The van der Waals surface area contributed by atoms with Gasteiger partial charge < -0.3 is 4.84 Å². The zero-order valence-electron chi connectivity index (χ0n) is 9.32. The molecule has 1 saturated carbocycles. The summed E-state index contributed by atoms with van der Waals surface area (Å²) in [6.07, 6.45) is 3.55. The molecule has 14 heavy (non-hydrogen) atoms. The van der Waals surface area contributed by atoms with Crippen LogP contribution in [0, 0.1) is 16.7 Å². The van der Waals surface area contributed by atoms with Crippen molar-refractivity contribution in [3.8, 4) is 0 Å². The fraction of sp³-hybridized carbons (Fsp3) is 0.727. The van der Waals surface area contributed by atoms with E-state index < -0.39 is 0 Å². The van der Waals surface area contributed by atoms with Crippen molar-refractivity contribution in [1.29, 1.82) is 0 Å². The van der Waals surface area contributed by atoms with Crippen LogP contribution in [0.25, 0.3) is 0 Å². The lowest BCUT2D eigenvalue weighted by Crippen LogP contribution is -2.16. The number of hydrogen-bond donors (Lipinski definition) is 0. The van der Waals surface area contributed by atoms with Crippen LogP contribution in [-0.2, 0) is 0 Å². The third-order valence-corrected chi connectivity index (χ3v) is 4.17. The molecular formula is C11H18N2O. The average Bonchev–Trinajstić information content (AvgIpc) is 2.54. The molecule has 0 atom stereocenters. The second-order valence-corrected chi connectivity index (χ2v) is 5.20. The summed E-state index contributed by atoms with van der Waals surface area (Å²) in [5, 5.41) is 4.01. The fourth-order valence-electron chi connectivity index (χ4n) is 2.23. The van der Waals surface area contributed by atoms with Gasteiger partial charge in [-0.25, -0.2) is 0 Å². The first-order valence-electron chi connectivity index (χ1n) is 5.09. The second-order valence-electron chi connectivity index (χ2n) is 5.20. The van der Waals surface area contributed by atoms with Crippen LogP contribution in [0.3, 0.4) is 0 Å². The molecule has 0 amide bonds. The molecule has 3 heteroatoms. The molecule has 1 fully saturated rings. The van der Waals surface area contributed by atoms with Crippen LogP contribution in [0.5, 0.6) is 0 Å². The Morgan fingerprint density at radius 2 is 1.93 bits per heavy atom. The van der Waals surface area contributed by atoms with Crippen LogP contribution in [0.2, 0.25) is 0 Å². The van der Waals surface area contributed by atoms with Gasteiger partial charge >= 0.3 is 0 Å². The largest absolute Gasteiger partial charge is 0.396 e. The van der Waals surface area contributed by atoms with Gasteiger partial charge in [0.15, 0.2) is 0 Å². The number of rotatable bonds is 3. The molecule has 3 nitrogen and oxygen atoms in total. The van der Waals surface area contributed by atoms with E-state index >= 15 is 0 Å². The van der Waals surface area contributed by atoms with Crippen molar-refractivity contribution >= 4 is 0 Å². The van der Waals surface area contributed by atoms with Gasteiger partial charge in [0.1, 0.15) is 6.61 Å². The van der Waals surface area contributed by atoms with Crippen LogP contribution in [0.15, 0.2) is 18.5 Å². The van der Waals surface area contributed by atoms with Crippen LogP contribution < -0.4 is 4.84 Å². The first kappa shape index (κ1) is 9.56. The summed E-state index contributed by atoms with van der Waals surface area (Å²) >= 11 is 0. The van der Waals surface area contributed by atoms with E-state index in [0.29, 0.717) is 16.7 Å². The van der Waals surface area contributed by atoms with Crippen molar-refractivity contribution < 1.29 is 4.84 Å². The van der Waals surface area contributed by atoms with Gasteiger partial charge in [0.05, 0.1) is 12.4 Å². The molecule has 0 spiro atoms. The fourth-order valence-corrected chi connectivity index (χ4v) is 2.23. The molecule has 1 aromatic rings. The predicted octanol–water partition coefficient (Wildman–Crippen LogP) is 1.99. The van der Waals surface area contributed by atoms with Gasteiger partial charge in [0.2, 0.25) is 0 Å². The summed E-state index contributed by atoms with van der Waals surface area (Å²) < 4.78 is 0. The molecule has 0 aliphatic heterocycles. The molecule has 0 saturated heterocycles. The second kappa shape index (κ2) is 2.75. The Labute approximate surface area is 85.0 Å². The lowest BCUT2D eigenvalue weighted by Gasteiger charge is -2.05. The highest BCUT2D eigenvalue weighted by atomic mass is 16.7. The van der Waals surface area contributed by atoms with E-state index in [1.807, 2.05) is 12.3 Å². The monoisotopic (exact) mass is 194 g/mol. The van der Waals surface area contributed by atoms with E-state index in [1.54, 1.807) is 6.20 Å². The molecule has 0 unspecified atom stereocenters. The van der Waals surface area contributed by atoms with Gasteiger partial charge in [-0.1, -0.05) is 27.7 Å². The zero-order valence-corrected chi connectivity index (χ0v) is 9.32. The first-order valence-corrected chi connectivity index (χ1v) is 5.09. The summed E-state index contributed by atoms with van der Waals surface area (Å²) in [5.41, 5.74) is 0.778. The standard InChI is InChI=1S/C11H18N2O/c1-10(2)9(11(10,3)4)8-14-13-7-5-6-12-13/h5-7,9H,8H2,1-4H3. The third kappa shape index (κ3) is 1.22. The number of hydrogen-bond acceptors (Lipinski definition) is 2. The maximum absolute atomic E-state index is 5.55. The Hall–Kier alpha value is -0.990. The van der Waals surface area contributed by atoms with Crippen LogP contribution >= 0.6 is 0 Å².